The molecule has 6 nitrogen and oxygen atoms in total. The van der Waals surface area contributed by atoms with Gasteiger partial charge in [0, 0.05) is 5.56 Å². The number of para-hydroxylation sites is 1. The van der Waals surface area contributed by atoms with Crippen LogP contribution >= 0.6 is 0 Å². The lowest BCUT2D eigenvalue weighted by Crippen LogP contribution is -2.35. The van der Waals surface area contributed by atoms with Crippen molar-refractivity contribution in [3.05, 3.63) is 66.1 Å². The predicted octanol–water partition coefficient (Wildman–Crippen LogP) is 3.13. The van der Waals surface area contributed by atoms with Crippen molar-refractivity contribution < 1.29 is 14.1 Å². The monoisotopic (exact) mass is 337 g/mol. The Hall–Kier alpha value is -3.15. The molecule has 2 aromatic carbocycles. The van der Waals surface area contributed by atoms with Gasteiger partial charge in [-0.25, -0.2) is 0 Å². The molecule has 0 saturated carbocycles. The summed E-state index contributed by atoms with van der Waals surface area (Å²) in [5.74, 6) is 1.24. The number of benzene rings is 2. The third kappa shape index (κ3) is 4.44. The van der Waals surface area contributed by atoms with E-state index in [9.17, 15) is 4.79 Å². The number of carbonyl (C=O) groups excluding carboxylic acids is 1. The lowest BCUT2D eigenvalue weighted by molar-refractivity contribution is -0.127. The van der Waals surface area contributed by atoms with Gasteiger partial charge in [0.25, 0.3) is 5.91 Å². The minimum atomic E-state index is -0.624. The largest absolute Gasteiger partial charge is 0.481 e. The van der Waals surface area contributed by atoms with Gasteiger partial charge in [-0.15, -0.1) is 0 Å². The molecule has 25 heavy (non-hydrogen) atoms. The van der Waals surface area contributed by atoms with Crippen molar-refractivity contribution in [1.82, 2.24) is 15.5 Å². The molecule has 1 aromatic heterocycles. The molecular formula is C19H19N3O3. The number of hydrogen-bond acceptors (Lipinski definition) is 5. The number of aryl methyl sites for hydroxylation is 1. The third-order valence-corrected chi connectivity index (χ3v) is 3.58. The maximum atomic E-state index is 12.1. The van der Waals surface area contributed by atoms with Crippen molar-refractivity contribution >= 4 is 5.91 Å². The Labute approximate surface area is 145 Å². The molecule has 0 fully saturated rings. The predicted molar refractivity (Wildman–Crippen MR) is 92.8 cm³/mol. The molecule has 128 valence electrons. The standard InChI is InChI=1S/C19H19N3O3/c1-13-7-6-8-15(11-13)18-21-17(25-22-18)12-20-19(23)14(2)24-16-9-4-3-5-10-16/h3-11,14H,12H2,1-2H3,(H,20,23)/t14-/m1/s1. The maximum Gasteiger partial charge on any atom is 0.261 e. The van der Waals surface area contributed by atoms with Crippen molar-refractivity contribution in [3.8, 4) is 17.1 Å². The van der Waals surface area contributed by atoms with Crippen LogP contribution in [-0.2, 0) is 11.3 Å². The number of hydrogen-bond donors (Lipinski definition) is 1. The van der Waals surface area contributed by atoms with Crippen LogP contribution < -0.4 is 10.1 Å². The average Bonchev–Trinajstić information content (AvgIpc) is 3.09. The van der Waals surface area contributed by atoms with E-state index in [-0.39, 0.29) is 12.5 Å². The first kappa shape index (κ1) is 16.7. The van der Waals surface area contributed by atoms with E-state index in [0.717, 1.165) is 11.1 Å². The van der Waals surface area contributed by atoms with E-state index in [1.807, 2.05) is 49.4 Å². The number of nitrogens with zero attached hydrogens (tertiary/aromatic N) is 2. The fourth-order valence-corrected chi connectivity index (χ4v) is 2.29. The smallest absolute Gasteiger partial charge is 0.261 e. The molecular weight excluding hydrogens is 318 g/mol. The zero-order valence-corrected chi connectivity index (χ0v) is 14.1. The summed E-state index contributed by atoms with van der Waals surface area (Å²) in [4.78, 5) is 16.4. The number of rotatable bonds is 6. The van der Waals surface area contributed by atoms with Gasteiger partial charge in [0.2, 0.25) is 11.7 Å². The molecule has 0 aliphatic heterocycles. The van der Waals surface area contributed by atoms with Crippen molar-refractivity contribution in [1.29, 1.82) is 0 Å². The van der Waals surface area contributed by atoms with Crippen molar-refractivity contribution in [2.75, 3.05) is 0 Å². The van der Waals surface area contributed by atoms with Crippen LogP contribution in [0.5, 0.6) is 5.75 Å². The Morgan fingerprint density at radius 3 is 2.76 bits per heavy atom. The van der Waals surface area contributed by atoms with Gasteiger partial charge in [-0.1, -0.05) is 47.1 Å². The van der Waals surface area contributed by atoms with E-state index >= 15 is 0 Å². The zero-order chi connectivity index (χ0) is 17.6. The molecule has 0 bridgehead atoms. The Morgan fingerprint density at radius 2 is 2.00 bits per heavy atom. The van der Waals surface area contributed by atoms with Crippen molar-refractivity contribution in [3.63, 3.8) is 0 Å². The molecule has 0 aliphatic carbocycles. The molecule has 0 saturated heterocycles. The lowest BCUT2D eigenvalue weighted by atomic mass is 10.1. The van der Waals surface area contributed by atoms with E-state index in [2.05, 4.69) is 15.5 Å². The highest BCUT2D eigenvalue weighted by atomic mass is 16.5. The Balaban J connectivity index is 1.56. The number of carbonyl (C=O) groups is 1. The van der Waals surface area contributed by atoms with Gasteiger partial charge in [-0.05, 0) is 32.0 Å². The molecule has 1 heterocycles. The first-order valence-electron chi connectivity index (χ1n) is 8.01. The number of ether oxygens (including phenoxy) is 1. The van der Waals surface area contributed by atoms with Gasteiger partial charge in [0.15, 0.2) is 6.10 Å². The number of aromatic nitrogens is 2. The van der Waals surface area contributed by atoms with Crippen LogP contribution in [0.4, 0.5) is 0 Å². The topological polar surface area (TPSA) is 77.2 Å². The molecule has 1 amide bonds. The second kappa shape index (κ2) is 7.61. The van der Waals surface area contributed by atoms with E-state index in [1.54, 1.807) is 19.1 Å². The summed E-state index contributed by atoms with van der Waals surface area (Å²) in [5, 5.41) is 6.68. The summed E-state index contributed by atoms with van der Waals surface area (Å²) in [6.45, 7) is 3.84. The fourth-order valence-electron chi connectivity index (χ4n) is 2.29. The number of amides is 1. The van der Waals surface area contributed by atoms with Crippen LogP contribution in [0.1, 0.15) is 18.4 Å². The Morgan fingerprint density at radius 1 is 1.20 bits per heavy atom. The Kier molecular flexibility index (Phi) is 5.09. The van der Waals surface area contributed by atoms with Crippen molar-refractivity contribution in [2.24, 2.45) is 0 Å². The summed E-state index contributed by atoms with van der Waals surface area (Å²) in [5.41, 5.74) is 1.99. The van der Waals surface area contributed by atoms with Gasteiger partial charge in [-0.3, -0.25) is 4.79 Å². The normalized spacial score (nSPS) is 11.8. The van der Waals surface area contributed by atoms with Gasteiger partial charge in [0.05, 0.1) is 6.54 Å². The first-order valence-corrected chi connectivity index (χ1v) is 8.01. The summed E-state index contributed by atoms with van der Waals surface area (Å²) in [7, 11) is 0. The second-order valence-corrected chi connectivity index (χ2v) is 5.67. The van der Waals surface area contributed by atoms with Crippen molar-refractivity contribution in [2.45, 2.75) is 26.5 Å². The molecule has 3 rings (SSSR count). The highest BCUT2D eigenvalue weighted by Crippen LogP contribution is 2.17. The fraction of sp³-hybridized carbons (Fsp3) is 0.211. The lowest BCUT2D eigenvalue weighted by Gasteiger charge is -2.13. The van der Waals surface area contributed by atoms with Gasteiger partial charge in [-0.2, -0.15) is 4.98 Å². The Bertz CT molecular complexity index is 846. The second-order valence-electron chi connectivity index (χ2n) is 5.67. The van der Waals surface area contributed by atoms with Crippen LogP contribution in [0.15, 0.2) is 59.1 Å². The van der Waals surface area contributed by atoms with Crippen LogP contribution in [-0.4, -0.2) is 22.2 Å². The first-order chi connectivity index (χ1) is 12.1. The van der Waals surface area contributed by atoms with Gasteiger partial charge in [0.1, 0.15) is 5.75 Å². The molecule has 3 aromatic rings. The average molecular weight is 337 g/mol. The van der Waals surface area contributed by atoms with Crippen LogP contribution in [0, 0.1) is 6.92 Å². The summed E-state index contributed by atoms with van der Waals surface area (Å²) in [6, 6.07) is 17.0. The van der Waals surface area contributed by atoms with Crippen LogP contribution in [0.2, 0.25) is 0 Å². The molecule has 0 unspecified atom stereocenters. The highest BCUT2D eigenvalue weighted by Gasteiger charge is 2.16. The zero-order valence-electron chi connectivity index (χ0n) is 14.1. The van der Waals surface area contributed by atoms with Crippen LogP contribution in [0.25, 0.3) is 11.4 Å². The highest BCUT2D eigenvalue weighted by molar-refractivity contribution is 5.80. The van der Waals surface area contributed by atoms with Gasteiger partial charge < -0.3 is 14.6 Å². The number of nitrogens with one attached hydrogen (secondary N) is 1. The summed E-state index contributed by atoms with van der Waals surface area (Å²) < 4.78 is 10.8. The molecule has 6 heteroatoms. The molecule has 0 spiro atoms. The maximum absolute atomic E-state index is 12.1. The molecule has 1 atom stereocenters. The SMILES string of the molecule is Cc1cccc(-c2noc(CNC(=O)[C@@H](C)Oc3ccccc3)n2)c1. The van der Waals surface area contributed by atoms with Crippen LogP contribution in [0.3, 0.4) is 0 Å². The van der Waals surface area contributed by atoms with E-state index in [0.29, 0.717) is 17.5 Å². The third-order valence-electron chi connectivity index (χ3n) is 3.58. The molecule has 0 aliphatic rings. The molecule has 1 N–H and O–H groups in total. The van der Waals surface area contributed by atoms with E-state index in [4.69, 9.17) is 9.26 Å². The summed E-state index contributed by atoms with van der Waals surface area (Å²) in [6.07, 6.45) is -0.624. The minimum Gasteiger partial charge on any atom is -0.481 e. The quantitative estimate of drug-likeness (QED) is 0.748. The van der Waals surface area contributed by atoms with Gasteiger partial charge >= 0.3 is 0 Å². The minimum absolute atomic E-state index is 0.153. The van der Waals surface area contributed by atoms with E-state index in [1.165, 1.54) is 0 Å². The summed E-state index contributed by atoms with van der Waals surface area (Å²) >= 11 is 0. The van der Waals surface area contributed by atoms with E-state index < -0.39 is 6.10 Å². The molecule has 0 radical (unpaired) electrons.